The number of carbonyl (C=O) groups is 1. The molecule has 8 nitrogen and oxygen atoms in total. The fourth-order valence-corrected chi connectivity index (χ4v) is 1.65. The normalized spacial score (nSPS) is 10.6. The highest BCUT2D eigenvalue weighted by atomic mass is 16.6. The first-order chi connectivity index (χ1) is 9.88. The number of carboxylic acids is 1. The maximum absolute atomic E-state index is 11.1. The number of carboxylic acid groups (broad SMARTS) is 1. The SMILES string of the molecule is CC(C)Oc1ccc(-c2nc(C(=O)O)co2)cc1[N+](=O)[O-]. The molecule has 2 rings (SSSR count). The Morgan fingerprint density at radius 3 is 2.71 bits per heavy atom. The molecule has 8 heteroatoms. The third kappa shape index (κ3) is 3.16. The minimum Gasteiger partial charge on any atom is -0.484 e. The number of oxazole rings is 1. The highest BCUT2D eigenvalue weighted by Crippen LogP contribution is 2.32. The van der Waals surface area contributed by atoms with Crippen molar-refractivity contribution in [2.45, 2.75) is 20.0 Å². The Morgan fingerprint density at radius 2 is 2.19 bits per heavy atom. The molecule has 0 bridgehead atoms. The molecule has 1 heterocycles. The second kappa shape index (κ2) is 5.61. The Bertz CT molecular complexity index is 692. The molecular formula is C13H12N2O6. The number of nitro groups is 1. The van der Waals surface area contributed by atoms with Crippen LogP contribution in [-0.2, 0) is 0 Å². The quantitative estimate of drug-likeness (QED) is 0.665. The highest BCUT2D eigenvalue weighted by Gasteiger charge is 2.20. The molecule has 0 aliphatic heterocycles. The van der Waals surface area contributed by atoms with Crippen molar-refractivity contribution >= 4 is 11.7 Å². The zero-order valence-electron chi connectivity index (χ0n) is 11.3. The van der Waals surface area contributed by atoms with E-state index in [1.54, 1.807) is 13.8 Å². The number of nitrogens with zero attached hydrogens (tertiary/aromatic N) is 2. The summed E-state index contributed by atoms with van der Waals surface area (Å²) in [5.74, 6) is -1.12. The molecule has 0 radical (unpaired) electrons. The van der Waals surface area contributed by atoms with Crippen molar-refractivity contribution in [2.75, 3.05) is 0 Å². The Morgan fingerprint density at radius 1 is 1.48 bits per heavy atom. The number of hydrogen-bond donors (Lipinski definition) is 1. The van der Waals surface area contributed by atoms with E-state index in [0.717, 1.165) is 6.26 Å². The van der Waals surface area contributed by atoms with E-state index < -0.39 is 10.9 Å². The van der Waals surface area contributed by atoms with Crippen LogP contribution in [0.25, 0.3) is 11.5 Å². The third-order valence-electron chi connectivity index (χ3n) is 2.49. The summed E-state index contributed by atoms with van der Waals surface area (Å²) >= 11 is 0. The standard InChI is InChI=1S/C13H12N2O6/c1-7(2)21-11-4-3-8(5-10(11)15(18)19)12-14-9(6-20-12)13(16)17/h3-7H,1-2H3,(H,16,17). The first-order valence-electron chi connectivity index (χ1n) is 6.02. The fourth-order valence-electron chi connectivity index (χ4n) is 1.65. The van der Waals surface area contributed by atoms with Gasteiger partial charge in [0.2, 0.25) is 5.89 Å². The van der Waals surface area contributed by atoms with E-state index in [1.165, 1.54) is 18.2 Å². The summed E-state index contributed by atoms with van der Waals surface area (Å²) in [7, 11) is 0. The monoisotopic (exact) mass is 292 g/mol. The summed E-state index contributed by atoms with van der Waals surface area (Å²) in [4.78, 5) is 25.0. The molecule has 0 unspecified atom stereocenters. The van der Waals surface area contributed by atoms with Crippen LogP contribution in [0.1, 0.15) is 24.3 Å². The number of nitro benzene ring substituents is 1. The number of aromatic nitrogens is 1. The molecule has 0 saturated heterocycles. The van der Waals surface area contributed by atoms with Crippen molar-refractivity contribution in [1.29, 1.82) is 0 Å². The molecule has 1 aromatic heterocycles. The molecule has 110 valence electrons. The number of ether oxygens (including phenoxy) is 1. The van der Waals surface area contributed by atoms with Crippen LogP contribution < -0.4 is 4.74 Å². The number of aromatic carboxylic acids is 1. The van der Waals surface area contributed by atoms with Crippen molar-refractivity contribution < 1.29 is 24.0 Å². The van der Waals surface area contributed by atoms with Crippen molar-refractivity contribution in [2.24, 2.45) is 0 Å². The van der Waals surface area contributed by atoms with E-state index in [2.05, 4.69) is 4.98 Å². The van der Waals surface area contributed by atoms with Crippen LogP contribution in [0.5, 0.6) is 5.75 Å². The molecule has 0 fully saturated rings. The Labute approximate surface area is 119 Å². The maximum atomic E-state index is 11.1. The van der Waals surface area contributed by atoms with Crippen LogP contribution in [0.15, 0.2) is 28.9 Å². The van der Waals surface area contributed by atoms with Crippen molar-refractivity contribution in [3.63, 3.8) is 0 Å². The topological polar surface area (TPSA) is 116 Å². The van der Waals surface area contributed by atoms with Crippen LogP contribution in [0.2, 0.25) is 0 Å². The summed E-state index contributed by atoms with van der Waals surface area (Å²) in [6.07, 6.45) is 0.761. The predicted octanol–water partition coefficient (Wildman–Crippen LogP) is 2.74. The molecule has 0 spiro atoms. The van der Waals surface area contributed by atoms with E-state index in [0.29, 0.717) is 5.56 Å². The van der Waals surface area contributed by atoms with Crippen molar-refractivity contribution in [1.82, 2.24) is 4.98 Å². The Hall–Kier alpha value is -2.90. The summed E-state index contributed by atoms with van der Waals surface area (Å²) < 4.78 is 10.4. The van der Waals surface area contributed by atoms with Gasteiger partial charge in [-0.3, -0.25) is 10.1 Å². The first-order valence-corrected chi connectivity index (χ1v) is 6.02. The van der Waals surface area contributed by atoms with E-state index in [1.807, 2.05) is 0 Å². The largest absolute Gasteiger partial charge is 0.484 e. The summed E-state index contributed by atoms with van der Waals surface area (Å²) in [6.45, 7) is 3.51. The number of hydrogen-bond acceptors (Lipinski definition) is 6. The van der Waals surface area contributed by atoms with Crippen LogP contribution in [0.4, 0.5) is 5.69 Å². The van der Waals surface area contributed by atoms with Gasteiger partial charge in [0.25, 0.3) is 0 Å². The lowest BCUT2D eigenvalue weighted by Crippen LogP contribution is -2.07. The van der Waals surface area contributed by atoms with Gasteiger partial charge in [-0.15, -0.1) is 0 Å². The van der Waals surface area contributed by atoms with Gasteiger partial charge in [0, 0.05) is 11.6 Å². The second-order valence-corrected chi connectivity index (χ2v) is 4.45. The molecule has 0 aliphatic rings. The van der Waals surface area contributed by atoms with Gasteiger partial charge in [0.05, 0.1) is 11.0 Å². The summed E-state index contributed by atoms with van der Waals surface area (Å²) in [5, 5.41) is 19.9. The highest BCUT2D eigenvalue weighted by molar-refractivity contribution is 5.85. The predicted molar refractivity (Wildman–Crippen MR) is 71.3 cm³/mol. The summed E-state index contributed by atoms with van der Waals surface area (Å²) in [6, 6.07) is 4.18. The molecule has 2 aromatic rings. The van der Waals surface area contributed by atoms with Gasteiger partial charge < -0.3 is 14.3 Å². The van der Waals surface area contributed by atoms with Gasteiger partial charge in [-0.1, -0.05) is 0 Å². The Balaban J connectivity index is 2.43. The molecule has 1 N–H and O–H groups in total. The average Bonchev–Trinajstić information content (AvgIpc) is 2.88. The van der Waals surface area contributed by atoms with Crippen LogP contribution in [0.3, 0.4) is 0 Å². The zero-order valence-corrected chi connectivity index (χ0v) is 11.3. The van der Waals surface area contributed by atoms with E-state index in [9.17, 15) is 14.9 Å². The Kier molecular flexibility index (Phi) is 3.88. The van der Waals surface area contributed by atoms with Gasteiger partial charge in [-0.25, -0.2) is 9.78 Å². The molecule has 0 saturated carbocycles. The zero-order chi connectivity index (χ0) is 15.6. The van der Waals surface area contributed by atoms with Crippen molar-refractivity contribution in [3.05, 3.63) is 40.3 Å². The van der Waals surface area contributed by atoms with Crippen molar-refractivity contribution in [3.8, 4) is 17.2 Å². The smallest absolute Gasteiger partial charge is 0.357 e. The molecule has 21 heavy (non-hydrogen) atoms. The van der Waals surface area contributed by atoms with E-state index in [-0.39, 0.29) is 29.1 Å². The van der Waals surface area contributed by atoms with Gasteiger partial charge in [-0.05, 0) is 26.0 Å². The molecule has 0 aliphatic carbocycles. The van der Waals surface area contributed by atoms with Gasteiger partial charge >= 0.3 is 11.7 Å². The van der Waals surface area contributed by atoms with Gasteiger partial charge in [0.1, 0.15) is 6.26 Å². The van der Waals surface area contributed by atoms with E-state index >= 15 is 0 Å². The average molecular weight is 292 g/mol. The first kappa shape index (κ1) is 14.5. The minimum atomic E-state index is -1.24. The second-order valence-electron chi connectivity index (χ2n) is 4.45. The number of rotatable bonds is 5. The number of benzene rings is 1. The third-order valence-corrected chi connectivity index (χ3v) is 2.49. The van der Waals surface area contributed by atoms with Gasteiger partial charge in [0.15, 0.2) is 11.4 Å². The molecule has 0 amide bonds. The van der Waals surface area contributed by atoms with Gasteiger partial charge in [-0.2, -0.15) is 0 Å². The summed E-state index contributed by atoms with van der Waals surface area (Å²) in [5.41, 5.74) is -0.211. The lowest BCUT2D eigenvalue weighted by Gasteiger charge is -2.10. The van der Waals surface area contributed by atoms with E-state index in [4.69, 9.17) is 14.3 Å². The fraction of sp³-hybridized carbons (Fsp3) is 0.231. The minimum absolute atomic E-state index is 0.00778. The van der Waals surface area contributed by atoms with Crippen LogP contribution >= 0.6 is 0 Å². The molecule has 1 aromatic carbocycles. The van der Waals surface area contributed by atoms with Crippen LogP contribution in [0, 0.1) is 10.1 Å². The lowest BCUT2D eigenvalue weighted by atomic mass is 10.2. The molecule has 0 atom stereocenters. The lowest BCUT2D eigenvalue weighted by molar-refractivity contribution is -0.386. The van der Waals surface area contributed by atoms with Crippen LogP contribution in [-0.4, -0.2) is 27.1 Å². The maximum Gasteiger partial charge on any atom is 0.357 e. The molecular weight excluding hydrogens is 280 g/mol.